The number of ether oxygens (including phenoxy) is 2. The highest BCUT2D eigenvalue weighted by molar-refractivity contribution is 6.04. The Morgan fingerprint density at radius 1 is 1.24 bits per heavy atom. The van der Waals surface area contributed by atoms with Gasteiger partial charge in [0.15, 0.2) is 11.5 Å². The SMILES string of the molecule is COc1ccc(C(=O)Nc2ncccc2CN)cc1OC. The molecule has 0 radical (unpaired) electrons. The van der Waals surface area contributed by atoms with E-state index >= 15 is 0 Å². The van der Waals surface area contributed by atoms with E-state index in [0.717, 1.165) is 5.56 Å². The molecule has 3 N–H and O–H groups in total. The maximum Gasteiger partial charge on any atom is 0.256 e. The van der Waals surface area contributed by atoms with Gasteiger partial charge in [-0.05, 0) is 24.3 Å². The van der Waals surface area contributed by atoms with Crippen LogP contribution in [0.2, 0.25) is 0 Å². The van der Waals surface area contributed by atoms with Crippen molar-refractivity contribution in [2.45, 2.75) is 6.54 Å². The van der Waals surface area contributed by atoms with Gasteiger partial charge in [-0.3, -0.25) is 4.79 Å². The topological polar surface area (TPSA) is 86.5 Å². The molecule has 1 amide bonds. The van der Waals surface area contributed by atoms with Crippen molar-refractivity contribution in [3.63, 3.8) is 0 Å². The molecule has 0 bridgehead atoms. The Morgan fingerprint density at radius 2 is 2.00 bits per heavy atom. The molecule has 0 saturated heterocycles. The Balaban J connectivity index is 2.24. The summed E-state index contributed by atoms with van der Waals surface area (Å²) in [7, 11) is 3.06. The third kappa shape index (κ3) is 3.29. The van der Waals surface area contributed by atoms with E-state index in [1.54, 1.807) is 37.6 Å². The Kier molecular flexibility index (Phi) is 4.73. The molecule has 6 nitrogen and oxygen atoms in total. The van der Waals surface area contributed by atoms with Crippen LogP contribution in [-0.4, -0.2) is 25.1 Å². The van der Waals surface area contributed by atoms with Crippen LogP contribution < -0.4 is 20.5 Å². The van der Waals surface area contributed by atoms with E-state index in [0.29, 0.717) is 29.4 Å². The largest absolute Gasteiger partial charge is 0.493 e. The summed E-state index contributed by atoms with van der Waals surface area (Å²) in [6.45, 7) is 0.301. The number of methoxy groups -OCH3 is 2. The number of nitrogens with two attached hydrogens (primary N) is 1. The first kappa shape index (κ1) is 14.8. The minimum atomic E-state index is -0.288. The number of aromatic nitrogens is 1. The van der Waals surface area contributed by atoms with Gasteiger partial charge in [0, 0.05) is 23.9 Å². The van der Waals surface area contributed by atoms with Crippen molar-refractivity contribution in [3.05, 3.63) is 47.7 Å². The molecule has 0 aliphatic carbocycles. The second kappa shape index (κ2) is 6.71. The summed E-state index contributed by atoms with van der Waals surface area (Å²) in [5.74, 6) is 1.23. The minimum absolute atomic E-state index is 0.288. The Hall–Kier alpha value is -2.60. The van der Waals surface area contributed by atoms with E-state index in [-0.39, 0.29) is 5.91 Å². The summed E-state index contributed by atoms with van der Waals surface area (Å²) in [6, 6.07) is 8.53. The van der Waals surface area contributed by atoms with Crippen LogP contribution in [0.1, 0.15) is 15.9 Å². The lowest BCUT2D eigenvalue weighted by molar-refractivity contribution is 0.102. The number of hydrogen-bond acceptors (Lipinski definition) is 5. The average Bonchev–Trinajstić information content (AvgIpc) is 2.54. The Labute approximate surface area is 122 Å². The van der Waals surface area contributed by atoms with Crippen LogP contribution in [0.4, 0.5) is 5.82 Å². The van der Waals surface area contributed by atoms with Crippen LogP contribution in [0.15, 0.2) is 36.5 Å². The number of hydrogen-bond donors (Lipinski definition) is 2. The lowest BCUT2D eigenvalue weighted by Gasteiger charge is -2.11. The smallest absolute Gasteiger partial charge is 0.256 e. The molecule has 110 valence electrons. The summed E-state index contributed by atoms with van der Waals surface area (Å²) in [5.41, 5.74) is 6.84. The molecule has 0 spiro atoms. The van der Waals surface area contributed by atoms with E-state index in [9.17, 15) is 4.79 Å². The number of carbonyl (C=O) groups excluding carboxylic acids is 1. The van der Waals surface area contributed by atoms with Crippen LogP contribution >= 0.6 is 0 Å². The highest BCUT2D eigenvalue weighted by Gasteiger charge is 2.12. The fourth-order valence-electron chi connectivity index (χ4n) is 1.87. The van der Waals surface area contributed by atoms with E-state index in [2.05, 4.69) is 10.3 Å². The van der Waals surface area contributed by atoms with Crippen LogP contribution in [0.25, 0.3) is 0 Å². The number of nitrogens with zero attached hydrogens (tertiary/aromatic N) is 1. The number of rotatable bonds is 5. The first-order valence-electron chi connectivity index (χ1n) is 6.37. The minimum Gasteiger partial charge on any atom is -0.493 e. The quantitative estimate of drug-likeness (QED) is 0.875. The zero-order valence-electron chi connectivity index (χ0n) is 11.9. The van der Waals surface area contributed by atoms with Gasteiger partial charge < -0.3 is 20.5 Å². The van der Waals surface area contributed by atoms with Crippen molar-refractivity contribution in [2.24, 2.45) is 5.73 Å². The van der Waals surface area contributed by atoms with Crippen molar-refractivity contribution in [1.82, 2.24) is 4.98 Å². The summed E-state index contributed by atoms with van der Waals surface area (Å²) in [4.78, 5) is 16.4. The standard InChI is InChI=1S/C15H17N3O3/c1-20-12-6-5-10(8-13(12)21-2)15(19)18-14-11(9-16)4-3-7-17-14/h3-8H,9,16H2,1-2H3,(H,17,18,19). The molecule has 1 heterocycles. The Morgan fingerprint density at radius 3 is 2.67 bits per heavy atom. The summed E-state index contributed by atoms with van der Waals surface area (Å²) in [5, 5.41) is 2.74. The summed E-state index contributed by atoms with van der Waals surface area (Å²) < 4.78 is 10.3. The molecule has 1 aromatic carbocycles. The zero-order chi connectivity index (χ0) is 15.2. The van der Waals surface area contributed by atoms with E-state index in [1.807, 2.05) is 6.07 Å². The molecular weight excluding hydrogens is 270 g/mol. The molecule has 0 atom stereocenters. The van der Waals surface area contributed by atoms with Gasteiger partial charge in [-0.25, -0.2) is 4.98 Å². The number of anilines is 1. The maximum atomic E-state index is 12.3. The molecule has 0 aliphatic rings. The van der Waals surface area contributed by atoms with Crippen molar-refractivity contribution < 1.29 is 14.3 Å². The zero-order valence-corrected chi connectivity index (χ0v) is 11.9. The first-order valence-corrected chi connectivity index (χ1v) is 6.37. The molecule has 1 aromatic heterocycles. The van der Waals surface area contributed by atoms with Gasteiger partial charge in [-0.2, -0.15) is 0 Å². The van der Waals surface area contributed by atoms with Gasteiger partial charge in [0.05, 0.1) is 14.2 Å². The normalized spacial score (nSPS) is 10.0. The predicted molar refractivity (Wildman–Crippen MR) is 79.6 cm³/mol. The monoisotopic (exact) mass is 287 g/mol. The first-order chi connectivity index (χ1) is 10.2. The number of nitrogens with one attached hydrogen (secondary N) is 1. The highest BCUT2D eigenvalue weighted by atomic mass is 16.5. The van der Waals surface area contributed by atoms with Crippen molar-refractivity contribution in [3.8, 4) is 11.5 Å². The fourth-order valence-corrected chi connectivity index (χ4v) is 1.87. The lowest BCUT2D eigenvalue weighted by Crippen LogP contribution is -2.15. The highest BCUT2D eigenvalue weighted by Crippen LogP contribution is 2.27. The third-order valence-electron chi connectivity index (χ3n) is 2.99. The second-order valence-electron chi connectivity index (χ2n) is 4.24. The van der Waals surface area contributed by atoms with Gasteiger partial charge in [-0.1, -0.05) is 6.07 Å². The van der Waals surface area contributed by atoms with Crippen molar-refractivity contribution in [1.29, 1.82) is 0 Å². The van der Waals surface area contributed by atoms with E-state index in [1.165, 1.54) is 7.11 Å². The van der Waals surface area contributed by atoms with Gasteiger partial charge in [0.25, 0.3) is 5.91 Å². The number of amides is 1. The second-order valence-corrected chi connectivity index (χ2v) is 4.24. The van der Waals surface area contributed by atoms with Gasteiger partial charge >= 0.3 is 0 Å². The average molecular weight is 287 g/mol. The number of pyridine rings is 1. The van der Waals surface area contributed by atoms with Crippen LogP contribution in [0.5, 0.6) is 11.5 Å². The molecule has 6 heteroatoms. The number of carbonyl (C=O) groups is 1. The van der Waals surface area contributed by atoms with Crippen LogP contribution in [0, 0.1) is 0 Å². The fraction of sp³-hybridized carbons (Fsp3) is 0.200. The van der Waals surface area contributed by atoms with Gasteiger partial charge in [-0.15, -0.1) is 0 Å². The van der Waals surface area contributed by atoms with Gasteiger partial charge in [0.1, 0.15) is 5.82 Å². The van der Waals surface area contributed by atoms with Crippen molar-refractivity contribution in [2.75, 3.05) is 19.5 Å². The maximum absolute atomic E-state index is 12.3. The van der Waals surface area contributed by atoms with Crippen molar-refractivity contribution >= 4 is 11.7 Å². The molecule has 2 rings (SSSR count). The molecule has 0 aliphatic heterocycles. The molecule has 2 aromatic rings. The summed E-state index contributed by atoms with van der Waals surface area (Å²) >= 11 is 0. The van der Waals surface area contributed by atoms with E-state index in [4.69, 9.17) is 15.2 Å². The van der Waals surface area contributed by atoms with Gasteiger partial charge in [0.2, 0.25) is 0 Å². The summed E-state index contributed by atoms with van der Waals surface area (Å²) in [6.07, 6.45) is 1.60. The molecule has 0 fully saturated rings. The predicted octanol–water partition coefficient (Wildman–Crippen LogP) is 1.81. The Bertz CT molecular complexity index is 644. The van der Waals surface area contributed by atoms with E-state index < -0.39 is 0 Å². The van der Waals surface area contributed by atoms with Crippen LogP contribution in [0.3, 0.4) is 0 Å². The molecule has 21 heavy (non-hydrogen) atoms. The van der Waals surface area contributed by atoms with Crippen LogP contribution in [-0.2, 0) is 6.54 Å². The third-order valence-corrected chi connectivity index (χ3v) is 2.99. The molecule has 0 unspecified atom stereocenters. The lowest BCUT2D eigenvalue weighted by atomic mass is 10.1. The molecule has 0 saturated carbocycles. The molecular formula is C15H17N3O3. The number of benzene rings is 1.